The minimum absolute atomic E-state index is 0.265. The highest BCUT2D eigenvalue weighted by molar-refractivity contribution is 6.30. The van der Waals surface area contributed by atoms with Gasteiger partial charge in [-0.3, -0.25) is 4.79 Å². The van der Waals surface area contributed by atoms with Crippen molar-refractivity contribution in [2.24, 2.45) is 0 Å². The van der Waals surface area contributed by atoms with Crippen LogP contribution in [0.2, 0.25) is 5.02 Å². The van der Waals surface area contributed by atoms with Crippen LogP contribution >= 0.6 is 11.6 Å². The Hall–Kier alpha value is -2.92. The molecule has 0 aliphatic carbocycles. The number of rotatable bonds is 4. The second-order valence-electron chi connectivity index (χ2n) is 5.58. The maximum Gasteiger partial charge on any atom is 0.258 e. The van der Waals surface area contributed by atoms with E-state index < -0.39 is 0 Å². The molecule has 2 aromatic carbocycles. The zero-order chi connectivity index (χ0) is 17.8. The summed E-state index contributed by atoms with van der Waals surface area (Å²) in [7, 11) is 1.88. The summed E-state index contributed by atoms with van der Waals surface area (Å²) in [6, 6.07) is 15.1. The molecular formula is C19H17ClN4O. The third-order valence-electron chi connectivity index (χ3n) is 3.78. The van der Waals surface area contributed by atoms with Crippen LogP contribution in [0.1, 0.15) is 15.9 Å². The molecule has 3 aromatic rings. The van der Waals surface area contributed by atoms with Crippen molar-refractivity contribution in [2.75, 3.05) is 17.3 Å². The first-order valence-electron chi connectivity index (χ1n) is 7.73. The van der Waals surface area contributed by atoms with Crippen molar-refractivity contribution in [3.63, 3.8) is 0 Å². The number of anilines is 3. The number of carbonyl (C=O) groups excluding carboxylic acids is 1. The van der Waals surface area contributed by atoms with E-state index in [1.807, 2.05) is 49.2 Å². The molecule has 0 saturated carbocycles. The molecule has 25 heavy (non-hydrogen) atoms. The molecule has 0 fully saturated rings. The van der Waals surface area contributed by atoms with Gasteiger partial charge in [-0.25, -0.2) is 9.97 Å². The average Bonchev–Trinajstić information content (AvgIpc) is 2.64. The first-order valence-corrected chi connectivity index (χ1v) is 8.11. The summed E-state index contributed by atoms with van der Waals surface area (Å²) in [5.74, 6) is 0.254. The predicted molar refractivity (Wildman–Crippen MR) is 101 cm³/mol. The zero-order valence-corrected chi connectivity index (χ0v) is 14.7. The molecule has 3 rings (SSSR count). The minimum atomic E-state index is -0.265. The highest BCUT2D eigenvalue weighted by Crippen LogP contribution is 2.21. The summed E-state index contributed by atoms with van der Waals surface area (Å²) in [6.45, 7) is 1.88. The fourth-order valence-corrected chi connectivity index (χ4v) is 2.57. The van der Waals surface area contributed by atoms with E-state index in [9.17, 15) is 4.79 Å². The summed E-state index contributed by atoms with van der Waals surface area (Å²) in [6.07, 6.45) is 3.03. The Balaban J connectivity index is 1.74. The van der Waals surface area contributed by atoms with Gasteiger partial charge in [0.25, 0.3) is 5.91 Å². The monoisotopic (exact) mass is 352 g/mol. The molecule has 1 heterocycles. The third kappa shape index (κ3) is 3.95. The lowest BCUT2D eigenvalue weighted by atomic mass is 10.2. The van der Waals surface area contributed by atoms with Gasteiger partial charge in [0, 0.05) is 35.8 Å². The Morgan fingerprint density at radius 1 is 1.08 bits per heavy atom. The van der Waals surface area contributed by atoms with Gasteiger partial charge >= 0.3 is 0 Å². The molecular weight excluding hydrogens is 336 g/mol. The summed E-state index contributed by atoms with van der Waals surface area (Å²) < 4.78 is 0. The topological polar surface area (TPSA) is 58.1 Å². The van der Waals surface area contributed by atoms with Crippen molar-refractivity contribution >= 4 is 34.8 Å². The molecule has 6 heteroatoms. The lowest BCUT2D eigenvalue weighted by Gasteiger charge is -2.17. The van der Waals surface area contributed by atoms with Gasteiger partial charge in [0.05, 0.1) is 5.56 Å². The van der Waals surface area contributed by atoms with E-state index >= 15 is 0 Å². The summed E-state index contributed by atoms with van der Waals surface area (Å²) in [5.41, 5.74) is 2.96. The van der Waals surface area contributed by atoms with Crippen LogP contribution in [0.25, 0.3) is 0 Å². The van der Waals surface area contributed by atoms with Crippen molar-refractivity contribution in [1.29, 1.82) is 0 Å². The molecule has 5 nitrogen and oxygen atoms in total. The van der Waals surface area contributed by atoms with Crippen LogP contribution < -0.4 is 10.2 Å². The molecule has 0 unspecified atom stereocenters. The van der Waals surface area contributed by atoms with E-state index in [2.05, 4.69) is 15.3 Å². The van der Waals surface area contributed by atoms with Crippen molar-refractivity contribution in [3.8, 4) is 0 Å². The van der Waals surface area contributed by atoms with E-state index in [4.69, 9.17) is 11.6 Å². The second kappa shape index (κ2) is 7.32. The van der Waals surface area contributed by atoms with Gasteiger partial charge in [-0.15, -0.1) is 0 Å². The Bertz CT molecular complexity index is 882. The highest BCUT2D eigenvalue weighted by atomic mass is 35.5. The Labute approximate surface area is 151 Å². The van der Waals surface area contributed by atoms with Gasteiger partial charge in [0.2, 0.25) is 5.95 Å². The van der Waals surface area contributed by atoms with Gasteiger partial charge < -0.3 is 10.2 Å². The van der Waals surface area contributed by atoms with Crippen LogP contribution in [-0.2, 0) is 0 Å². The number of aromatic nitrogens is 2. The normalized spacial score (nSPS) is 10.4. The van der Waals surface area contributed by atoms with Gasteiger partial charge in [0.15, 0.2) is 0 Å². The van der Waals surface area contributed by atoms with E-state index in [1.54, 1.807) is 18.2 Å². The third-order valence-corrected chi connectivity index (χ3v) is 4.02. The van der Waals surface area contributed by atoms with E-state index in [1.165, 1.54) is 12.4 Å². The Kier molecular flexibility index (Phi) is 4.95. The largest absolute Gasteiger partial charge is 0.322 e. The van der Waals surface area contributed by atoms with Crippen LogP contribution in [0.15, 0.2) is 60.9 Å². The second-order valence-corrected chi connectivity index (χ2v) is 6.02. The number of aryl methyl sites for hydroxylation is 1. The maximum atomic E-state index is 12.4. The molecule has 0 aliphatic heterocycles. The molecule has 0 aliphatic rings. The molecule has 0 radical (unpaired) electrons. The Morgan fingerprint density at radius 2 is 1.76 bits per heavy atom. The van der Waals surface area contributed by atoms with Crippen LogP contribution in [-0.4, -0.2) is 22.9 Å². The average molecular weight is 353 g/mol. The van der Waals surface area contributed by atoms with Crippen molar-refractivity contribution < 1.29 is 4.79 Å². The number of hydrogen-bond acceptors (Lipinski definition) is 4. The number of amides is 1. The molecule has 1 amide bonds. The molecule has 0 bridgehead atoms. The van der Waals surface area contributed by atoms with Crippen molar-refractivity contribution in [2.45, 2.75) is 6.92 Å². The number of para-hydroxylation sites is 1. The number of nitrogens with one attached hydrogen (secondary N) is 1. The van der Waals surface area contributed by atoms with Crippen molar-refractivity contribution in [1.82, 2.24) is 9.97 Å². The quantitative estimate of drug-likeness (QED) is 0.753. The van der Waals surface area contributed by atoms with Gasteiger partial charge in [0.1, 0.15) is 0 Å². The predicted octanol–water partition coefficient (Wildman–Crippen LogP) is 4.46. The standard InChI is InChI=1S/C19H17ClN4O/c1-13-10-15(20)8-9-17(13)23-18(25)14-11-21-19(22-12-14)24(2)16-6-4-3-5-7-16/h3-12H,1-2H3,(H,23,25). The van der Waals surface area contributed by atoms with Crippen LogP contribution in [0.3, 0.4) is 0 Å². The SMILES string of the molecule is Cc1cc(Cl)ccc1NC(=O)c1cnc(N(C)c2ccccc2)nc1. The number of carbonyl (C=O) groups is 1. The summed E-state index contributed by atoms with van der Waals surface area (Å²) in [5, 5.41) is 3.47. The van der Waals surface area contributed by atoms with Crippen LogP contribution in [0.4, 0.5) is 17.3 Å². The first kappa shape index (κ1) is 16.9. The van der Waals surface area contributed by atoms with E-state index in [-0.39, 0.29) is 5.91 Å². The number of benzene rings is 2. The van der Waals surface area contributed by atoms with Crippen LogP contribution in [0, 0.1) is 6.92 Å². The number of nitrogens with zero attached hydrogens (tertiary/aromatic N) is 3. The molecule has 0 atom stereocenters. The van der Waals surface area contributed by atoms with Gasteiger partial charge in [-0.05, 0) is 42.8 Å². The molecule has 126 valence electrons. The van der Waals surface area contributed by atoms with E-state index in [0.29, 0.717) is 22.2 Å². The fraction of sp³-hybridized carbons (Fsp3) is 0.105. The number of halogens is 1. The Morgan fingerprint density at radius 3 is 2.40 bits per heavy atom. The number of hydrogen-bond donors (Lipinski definition) is 1. The van der Waals surface area contributed by atoms with Gasteiger partial charge in [-0.2, -0.15) is 0 Å². The smallest absolute Gasteiger partial charge is 0.258 e. The lowest BCUT2D eigenvalue weighted by Crippen LogP contribution is -2.16. The highest BCUT2D eigenvalue weighted by Gasteiger charge is 2.11. The first-order chi connectivity index (χ1) is 12.0. The molecule has 0 spiro atoms. The summed E-state index contributed by atoms with van der Waals surface area (Å²) in [4.78, 5) is 22.8. The van der Waals surface area contributed by atoms with Gasteiger partial charge in [-0.1, -0.05) is 29.8 Å². The fourth-order valence-electron chi connectivity index (χ4n) is 2.34. The van der Waals surface area contributed by atoms with E-state index in [0.717, 1.165) is 11.3 Å². The van der Waals surface area contributed by atoms with Crippen LogP contribution in [0.5, 0.6) is 0 Å². The van der Waals surface area contributed by atoms with Crippen molar-refractivity contribution in [3.05, 3.63) is 77.1 Å². The molecule has 1 aromatic heterocycles. The lowest BCUT2D eigenvalue weighted by molar-refractivity contribution is 0.102. The molecule has 0 saturated heterocycles. The molecule has 1 N–H and O–H groups in total. The minimum Gasteiger partial charge on any atom is -0.322 e. The maximum absolute atomic E-state index is 12.4. The zero-order valence-electron chi connectivity index (χ0n) is 13.9. The summed E-state index contributed by atoms with van der Waals surface area (Å²) >= 11 is 5.93.